The summed E-state index contributed by atoms with van der Waals surface area (Å²) in [5.41, 5.74) is 0. The van der Waals surface area contributed by atoms with Gasteiger partial charge >= 0.3 is 18.9 Å². The second-order valence-electron chi connectivity index (χ2n) is 1.54. The van der Waals surface area contributed by atoms with Gasteiger partial charge in [0, 0.05) is 5.25 Å². The molecule has 0 unspecified atom stereocenters. The smallest absolute Gasteiger partial charge is 0.748 e. The molecule has 8 heavy (non-hydrogen) atoms. The van der Waals surface area contributed by atoms with E-state index in [2.05, 4.69) is 0 Å². The summed E-state index contributed by atoms with van der Waals surface area (Å²) in [7, 11) is -3.99. The molecule has 0 aliphatic heterocycles. The summed E-state index contributed by atoms with van der Waals surface area (Å²) in [6.07, 6.45) is 0. The molecule has 0 atom stereocenters. The zero-order valence-corrected chi connectivity index (χ0v) is 6.03. The molecule has 0 N–H and O–H groups in total. The second-order valence-corrected chi connectivity index (χ2v) is 3.47. The third kappa shape index (κ3) is 4.66. The van der Waals surface area contributed by atoms with Gasteiger partial charge in [-0.05, 0) is 13.8 Å². The van der Waals surface area contributed by atoms with Crippen LogP contribution in [-0.4, -0.2) is 18.2 Å². The van der Waals surface area contributed by atoms with Gasteiger partial charge in [0.15, 0.2) is 0 Å². The first-order chi connectivity index (χ1) is 2.94. The van der Waals surface area contributed by atoms with Crippen LogP contribution in [0.4, 0.5) is 0 Å². The maximum absolute atomic E-state index is 9.78. The summed E-state index contributed by atoms with van der Waals surface area (Å²) in [5.74, 6) is 0. The molecule has 0 bridgehead atoms. The van der Waals surface area contributed by atoms with Crippen molar-refractivity contribution in [3.63, 3.8) is 0 Å². The van der Waals surface area contributed by atoms with Crippen LogP contribution >= 0.6 is 0 Å². The minimum absolute atomic E-state index is 0. The topological polar surface area (TPSA) is 57.2 Å². The molecule has 0 spiro atoms. The van der Waals surface area contributed by atoms with Crippen molar-refractivity contribution in [2.75, 3.05) is 0 Å². The number of hydrogen-bond acceptors (Lipinski definition) is 3. The van der Waals surface area contributed by atoms with Crippen molar-refractivity contribution in [1.29, 1.82) is 0 Å². The molecule has 5 heteroatoms. The van der Waals surface area contributed by atoms with E-state index in [9.17, 15) is 13.0 Å². The van der Waals surface area contributed by atoms with Crippen LogP contribution in [0.2, 0.25) is 0 Å². The standard InChI is InChI=1S/C3H8O3S.Li/c1-3(2)7(4,5)6;/h3H,1-2H3,(H,4,5,6);/q;+1/p-1. The van der Waals surface area contributed by atoms with E-state index in [1.807, 2.05) is 0 Å². The number of rotatable bonds is 1. The normalized spacial score (nSPS) is 11.0. The Kier molecular flexibility index (Phi) is 4.98. The average Bonchev–Trinajstić information content (AvgIpc) is 1.31. The Morgan fingerprint density at radius 2 is 1.50 bits per heavy atom. The molecule has 0 heterocycles. The van der Waals surface area contributed by atoms with Gasteiger partial charge in [-0.2, -0.15) is 0 Å². The van der Waals surface area contributed by atoms with Gasteiger partial charge in [0.1, 0.15) is 0 Å². The quantitative estimate of drug-likeness (QED) is 0.280. The van der Waals surface area contributed by atoms with Gasteiger partial charge in [-0.1, -0.05) is 0 Å². The Morgan fingerprint density at radius 1 is 1.38 bits per heavy atom. The fourth-order valence-corrected chi connectivity index (χ4v) is 0. The molecule has 0 saturated heterocycles. The molecule has 0 saturated carbocycles. The van der Waals surface area contributed by atoms with Crippen LogP contribution in [0, 0.1) is 0 Å². The van der Waals surface area contributed by atoms with E-state index in [-0.39, 0.29) is 18.9 Å². The molecule has 0 radical (unpaired) electrons. The maximum atomic E-state index is 9.78. The Morgan fingerprint density at radius 3 is 1.50 bits per heavy atom. The van der Waals surface area contributed by atoms with E-state index in [0.717, 1.165) is 0 Å². The predicted octanol–water partition coefficient (Wildman–Crippen LogP) is -3.06. The van der Waals surface area contributed by atoms with Gasteiger partial charge in [0.05, 0.1) is 10.1 Å². The molecule has 0 amide bonds. The van der Waals surface area contributed by atoms with E-state index in [1.165, 1.54) is 13.8 Å². The third-order valence-electron chi connectivity index (χ3n) is 0.577. The van der Waals surface area contributed by atoms with Gasteiger partial charge < -0.3 is 4.55 Å². The van der Waals surface area contributed by atoms with Crippen molar-refractivity contribution in [2.45, 2.75) is 19.1 Å². The van der Waals surface area contributed by atoms with Gasteiger partial charge in [0.2, 0.25) is 0 Å². The third-order valence-corrected chi connectivity index (χ3v) is 1.73. The zero-order chi connectivity index (χ0) is 6.08. The van der Waals surface area contributed by atoms with E-state index in [1.54, 1.807) is 0 Å². The van der Waals surface area contributed by atoms with Crippen molar-refractivity contribution in [3.8, 4) is 0 Å². The Balaban J connectivity index is 0. The van der Waals surface area contributed by atoms with Crippen molar-refractivity contribution in [1.82, 2.24) is 0 Å². The fraction of sp³-hybridized carbons (Fsp3) is 1.00. The Bertz CT molecular complexity index is 137. The SMILES string of the molecule is CC(C)S(=O)(=O)[O-].[Li+]. The Hall–Kier alpha value is 0.507. The molecule has 0 aromatic heterocycles. The largest absolute Gasteiger partial charge is 1.00 e. The molecule has 0 rings (SSSR count). The van der Waals surface area contributed by atoms with Gasteiger partial charge in [-0.3, -0.25) is 0 Å². The van der Waals surface area contributed by atoms with Crippen LogP contribution in [0.1, 0.15) is 13.8 Å². The minimum atomic E-state index is -3.99. The summed E-state index contributed by atoms with van der Waals surface area (Å²) >= 11 is 0. The van der Waals surface area contributed by atoms with E-state index >= 15 is 0 Å². The second kappa shape index (κ2) is 3.52. The van der Waals surface area contributed by atoms with Crippen LogP contribution < -0.4 is 18.9 Å². The van der Waals surface area contributed by atoms with Crippen molar-refractivity contribution < 1.29 is 31.8 Å². The van der Waals surface area contributed by atoms with Crippen molar-refractivity contribution in [2.24, 2.45) is 0 Å². The van der Waals surface area contributed by atoms with Crippen LogP contribution in [0.5, 0.6) is 0 Å². The molecule has 0 aromatic rings. The molecular formula is C3H7LiO3S. The van der Waals surface area contributed by atoms with Crippen LogP contribution in [0.3, 0.4) is 0 Å². The number of hydrogen-bond donors (Lipinski definition) is 0. The van der Waals surface area contributed by atoms with Crippen LogP contribution in [-0.2, 0) is 10.1 Å². The monoisotopic (exact) mass is 130 g/mol. The first-order valence-electron chi connectivity index (χ1n) is 1.89. The van der Waals surface area contributed by atoms with Crippen molar-refractivity contribution >= 4 is 10.1 Å². The van der Waals surface area contributed by atoms with Gasteiger partial charge in [-0.25, -0.2) is 8.42 Å². The van der Waals surface area contributed by atoms with Crippen LogP contribution in [0.25, 0.3) is 0 Å². The maximum Gasteiger partial charge on any atom is 1.00 e. The van der Waals surface area contributed by atoms with Gasteiger partial charge in [-0.15, -0.1) is 0 Å². The molecular weight excluding hydrogens is 123 g/mol. The van der Waals surface area contributed by atoms with Crippen molar-refractivity contribution in [3.05, 3.63) is 0 Å². The average molecular weight is 130 g/mol. The molecule has 44 valence electrons. The summed E-state index contributed by atoms with van der Waals surface area (Å²) in [5, 5.41) is -0.785. The van der Waals surface area contributed by atoms with E-state index < -0.39 is 15.4 Å². The molecule has 3 nitrogen and oxygen atoms in total. The van der Waals surface area contributed by atoms with E-state index in [4.69, 9.17) is 0 Å². The van der Waals surface area contributed by atoms with Gasteiger partial charge in [0.25, 0.3) is 0 Å². The zero-order valence-electron chi connectivity index (χ0n) is 5.21. The first kappa shape index (κ1) is 11.3. The summed E-state index contributed by atoms with van der Waals surface area (Å²) in [6.45, 7) is 2.70. The predicted molar refractivity (Wildman–Crippen MR) is 24.8 cm³/mol. The molecule has 0 aliphatic rings. The van der Waals surface area contributed by atoms with Crippen LogP contribution in [0.15, 0.2) is 0 Å². The minimum Gasteiger partial charge on any atom is -0.748 e. The molecule has 0 aliphatic carbocycles. The summed E-state index contributed by atoms with van der Waals surface area (Å²) in [6, 6.07) is 0. The molecule has 0 aromatic carbocycles. The summed E-state index contributed by atoms with van der Waals surface area (Å²) in [4.78, 5) is 0. The fourth-order valence-electron chi connectivity index (χ4n) is 0. The molecule has 0 fully saturated rings. The van der Waals surface area contributed by atoms with E-state index in [0.29, 0.717) is 0 Å². The summed E-state index contributed by atoms with van der Waals surface area (Å²) < 4.78 is 29.3. The Labute approximate surface area is 61.4 Å². The first-order valence-corrected chi connectivity index (χ1v) is 3.36.